The minimum Gasteiger partial charge on any atom is -0.382 e. The number of nitrogens with zero attached hydrogens (tertiary/aromatic N) is 1. The van der Waals surface area contributed by atoms with Crippen molar-refractivity contribution in [2.45, 2.75) is 31.4 Å². The van der Waals surface area contributed by atoms with Gasteiger partial charge in [-0.05, 0) is 30.5 Å². The van der Waals surface area contributed by atoms with Crippen molar-refractivity contribution in [3.63, 3.8) is 0 Å². The number of halogens is 1. The number of ether oxygens (including phenoxy) is 1. The van der Waals surface area contributed by atoms with Crippen LogP contribution in [0.3, 0.4) is 0 Å². The van der Waals surface area contributed by atoms with E-state index in [1.165, 1.54) is 12.1 Å². The van der Waals surface area contributed by atoms with Crippen molar-refractivity contribution in [1.82, 2.24) is 5.32 Å². The van der Waals surface area contributed by atoms with Crippen molar-refractivity contribution in [2.24, 2.45) is 5.16 Å². The van der Waals surface area contributed by atoms with E-state index in [0.29, 0.717) is 18.7 Å². The van der Waals surface area contributed by atoms with E-state index in [9.17, 15) is 9.18 Å². The quantitative estimate of drug-likeness (QED) is 0.921. The number of oxime groups is 1. The molecule has 2 aliphatic heterocycles. The van der Waals surface area contributed by atoms with Crippen molar-refractivity contribution < 1.29 is 18.8 Å². The van der Waals surface area contributed by atoms with Crippen LogP contribution in [0.15, 0.2) is 29.4 Å². The maximum Gasteiger partial charge on any atom is 0.264 e. The average Bonchev–Trinajstić information content (AvgIpc) is 2.99. The topological polar surface area (TPSA) is 59.9 Å². The maximum atomic E-state index is 12.9. The monoisotopic (exact) mass is 292 g/mol. The van der Waals surface area contributed by atoms with Gasteiger partial charge in [0.1, 0.15) is 5.82 Å². The Morgan fingerprint density at radius 1 is 1.33 bits per heavy atom. The molecule has 6 heteroatoms. The molecular weight excluding hydrogens is 275 g/mol. The Kier molecular flexibility index (Phi) is 4.15. The van der Waals surface area contributed by atoms with Gasteiger partial charge in [0.15, 0.2) is 0 Å². The van der Waals surface area contributed by atoms with Crippen LogP contribution in [0.4, 0.5) is 4.39 Å². The highest BCUT2D eigenvalue weighted by molar-refractivity contribution is 6.04. The SMILES string of the molecule is O=C(NC1CCCOC1)C1CC(c2ccc(F)cc2)=NO1. The van der Waals surface area contributed by atoms with E-state index in [2.05, 4.69) is 10.5 Å². The third-order valence-electron chi connectivity index (χ3n) is 3.65. The molecule has 0 aliphatic carbocycles. The average molecular weight is 292 g/mol. The van der Waals surface area contributed by atoms with Crippen LogP contribution in [0, 0.1) is 5.82 Å². The molecule has 2 atom stereocenters. The predicted molar refractivity (Wildman–Crippen MR) is 74.4 cm³/mol. The lowest BCUT2D eigenvalue weighted by molar-refractivity contribution is -0.132. The molecule has 1 fully saturated rings. The molecule has 0 aromatic heterocycles. The van der Waals surface area contributed by atoms with Crippen LogP contribution in [-0.2, 0) is 14.4 Å². The summed E-state index contributed by atoms with van der Waals surface area (Å²) in [7, 11) is 0. The molecule has 21 heavy (non-hydrogen) atoms. The molecule has 1 aromatic carbocycles. The number of hydrogen-bond acceptors (Lipinski definition) is 4. The van der Waals surface area contributed by atoms with E-state index >= 15 is 0 Å². The van der Waals surface area contributed by atoms with Crippen LogP contribution in [0.25, 0.3) is 0 Å². The number of benzene rings is 1. The summed E-state index contributed by atoms with van der Waals surface area (Å²) in [6, 6.07) is 6.04. The molecule has 2 heterocycles. The van der Waals surface area contributed by atoms with Crippen LogP contribution < -0.4 is 5.32 Å². The van der Waals surface area contributed by atoms with Crippen molar-refractivity contribution in [3.8, 4) is 0 Å². The third-order valence-corrected chi connectivity index (χ3v) is 3.65. The van der Waals surface area contributed by atoms with E-state index in [4.69, 9.17) is 9.57 Å². The molecule has 0 spiro atoms. The van der Waals surface area contributed by atoms with Crippen molar-refractivity contribution in [3.05, 3.63) is 35.6 Å². The number of carbonyl (C=O) groups excluding carboxylic acids is 1. The zero-order chi connectivity index (χ0) is 14.7. The van der Waals surface area contributed by atoms with Crippen LogP contribution in [0.5, 0.6) is 0 Å². The first kappa shape index (κ1) is 14.0. The normalized spacial score (nSPS) is 25.1. The highest BCUT2D eigenvalue weighted by Crippen LogP contribution is 2.18. The van der Waals surface area contributed by atoms with Gasteiger partial charge < -0.3 is 14.9 Å². The highest BCUT2D eigenvalue weighted by Gasteiger charge is 2.30. The predicted octanol–water partition coefficient (Wildman–Crippen LogP) is 1.61. The van der Waals surface area contributed by atoms with Crippen molar-refractivity contribution >= 4 is 11.6 Å². The first-order valence-corrected chi connectivity index (χ1v) is 7.09. The first-order chi connectivity index (χ1) is 10.2. The molecule has 1 saturated heterocycles. The van der Waals surface area contributed by atoms with Crippen LogP contribution in [0.2, 0.25) is 0 Å². The lowest BCUT2D eigenvalue weighted by atomic mass is 10.0. The Labute approximate surface area is 122 Å². The summed E-state index contributed by atoms with van der Waals surface area (Å²) in [6.07, 6.45) is 1.65. The number of rotatable bonds is 3. The van der Waals surface area contributed by atoms with Gasteiger partial charge in [-0.3, -0.25) is 4.79 Å². The molecule has 3 rings (SSSR count). The molecule has 1 N–H and O–H groups in total. The number of nitrogens with one attached hydrogen (secondary N) is 1. The van der Waals surface area contributed by atoms with Gasteiger partial charge in [-0.1, -0.05) is 17.3 Å². The van der Waals surface area contributed by atoms with E-state index in [1.54, 1.807) is 12.1 Å². The third kappa shape index (κ3) is 3.39. The molecule has 1 amide bonds. The van der Waals surface area contributed by atoms with Gasteiger partial charge in [0.05, 0.1) is 18.4 Å². The second-order valence-electron chi connectivity index (χ2n) is 5.27. The number of hydrogen-bond donors (Lipinski definition) is 1. The van der Waals surface area contributed by atoms with E-state index in [0.717, 1.165) is 25.0 Å². The smallest absolute Gasteiger partial charge is 0.264 e. The minimum atomic E-state index is -0.619. The minimum absolute atomic E-state index is 0.0460. The van der Waals surface area contributed by atoms with Crippen LogP contribution in [-0.4, -0.2) is 37.0 Å². The van der Waals surface area contributed by atoms with Crippen LogP contribution >= 0.6 is 0 Å². The first-order valence-electron chi connectivity index (χ1n) is 7.09. The Morgan fingerprint density at radius 3 is 2.86 bits per heavy atom. The second kappa shape index (κ2) is 6.22. The molecule has 0 bridgehead atoms. The van der Waals surface area contributed by atoms with Gasteiger partial charge in [0.25, 0.3) is 5.91 Å². The lowest BCUT2D eigenvalue weighted by Gasteiger charge is -2.23. The zero-order valence-electron chi connectivity index (χ0n) is 11.5. The van der Waals surface area contributed by atoms with Gasteiger partial charge in [0, 0.05) is 13.0 Å². The van der Waals surface area contributed by atoms with E-state index < -0.39 is 6.10 Å². The Morgan fingerprint density at radius 2 is 2.14 bits per heavy atom. The van der Waals surface area contributed by atoms with E-state index in [1.807, 2.05) is 0 Å². The summed E-state index contributed by atoms with van der Waals surface area (Å²) >= 11 is 0. The summed E-state index contributed by atoms with van der Waals surface area (Å²) in [4.78, 5) is 17.3. The molecule has 2 aliphatic rings. The molecule has 112 valence electrons. The second-order valence-corrected chi connectivity index (χ2v) is 5.27. The summed E-state index contributed by atoms with van der Waals surface area (Å²) < 4.78 is 18.2. The van der Waals surface area contributed by atoms with Gasteiger partial charge in [0.2, 0.25) is 6.10 Å². The van der Waals surface area contributed by atoms with Gasteiger partial charge in [-0.2, -0.15) is 0 Å². The Balaban J connectivity index is 1.55. The Hall–Kier alpha value is -1.95. The number of carbonyl (C=O) groups is 1. The fourth-order valence-corrected chi connectivity index (χ4v) is 2.48. The standard InChI is InChI=1S/C15H17FN2O3/c16-11-5-3-10(4-6-11)13-8-14(21-18-13)15(19)17-12-2-1-7-20-9-12/h3-6,12,14H,1-2,7-9H2,(H,17,19). The molecule has 5 nitrogen and oxygen atoms in total. The molecule has 2 unspecified atom stereocenters. The lowest BCUT2D eigenvalue weighted by Crippen LogP contribution is -2.45. The van der Waals surface area contributed by atoms with Crippen LogP contribution in [0.1, 0.15) is 24.8 Å². The Bertz CT molecular complexity index is 538. The van der Waals surface area contributed by atoms with Gasteiger partial charge in [-0.15, -0.1) is 0 Å². The number of amides is 1. The zero-order valence-corrected chi connectivity index (χ0v) is 11.5. The van der Waals surface area contributed by atoms with E-state index in [-0.39, 0.29) is 17.8 Å². The summed E-state index contributed by atoms with van der Waals surface area (Å²) in [6.45, 7) is 1.30. The van der Waals surface area contributed by atoms with Gasteiger partial charge in [-0.25, -0.2) is 4.39 Å². The van der Waals surface area contributed by atoms with Gasteiger partial charge >= 0.3 is 0 Å². The van der Waals surface area contributed by atoms with Crippen molar-refractivity contribution in [1.29, 1.82) is 0 Å². The maximum absolute atomic E-state index is 12.9. The molecule has 1 aromatic rings. The fourth-order valence-electron chi connectivity index (χ4n) is 2.48. The summed E-state index contributed by atoms with van der Waals surface area (Å²) in [5, 5.41) is 6.85. The highest BCUT2D eigenvalue weighted by atomic mass is 19.1. The molecular formula is C15H17FN2O3. The molecule has 0 radical (unpaired) electrons. The molecule has 0 saturated carbocycles. The summed E-state index contributed by atoms with van der Waals surface area (Å²) in [5.41, 5.74) is 1.43. The fraction of sp³-hybridized carbons (Fsp3) is 0.467. The summed E-state index contributed by atoms with van der Waals surface area (Å²) in [5.74, 6) is -0.476. The van der Waals surface area contributed by atoms with Crippen molar-refractivity contribution in [2.75, 3.05) is 13.2 Å². The largest absolute Gasteiger partial charge is 0.382 e.